The van der Waals surface area contributed by atoms with Crippen LogP contribution in [0.5, 0.6) is 0 Å². The molecule has 2 aliphatic rings. The first-order valence-electron chi connectivity index (χ1n) is 11.0. The van der Waals surface area contributed by atoms with Crippen LogP contribution in [0.3, 0.4) is 0 Å². The quantitative estimate of drug-likeness (QED) is 0.538. The first-order chi connectivity index (χ1) is 17.6. The van der Waals surface area contributed by atoms with Gasteiger partial charge in [-0.25, -0.2) is 9.59 Å². The Labute approximate surface area is 211 Å². The predicted molar refractivity (Wildman–Crippen MR) is 116 cm³/mol. The van der Waals surface area contributed by atoms with Crippen LogP contribution in [0.15, 0.2) is 30.7 Å². The molecule has 2 aromatic rings. The minimum atomic E-state index is -5.08. The minimum Gasteiger partial charge on any atom is -0.475 e. The number of carbonyl (C=O) groups is 3. The SMILES string of the molecule is Cn1ncc2c1C(COCC1CC1)N(C(=O)c1cccnc1)CC2.O=C(O)C(F)(F)F.O=C(O)C(F)(F)F. The van der Waals surface area contributed by atoms with Gasteiger partial charge in [-0.2, -0.15) is 31.4 Å². The van der Waals surface area contributed by atoms with Crippen molar-refractivity contribution in [1.29, 1.82) is 0 Å². The molecule has 1 aliphatic heterocycles. The maximum absolute atomic E-state index is 13.0. The summed E-state index contributed by atoms with van der Waals surface area (Å²) in [4.78, 5) is 36.7. The molecule has 0 saturated heterocycles. The third kappa shape index (κ3) is 9.00. The molecule has 0 bridgehead atoms. The van der Waals surface area contributed by atoms with Crippen molar-refractivity contribution in [2.45, 2.75) is 37.7 Å². The van der Waals surface area contributed by atoms with E-state index in [4.69, 9.17) is 24.5 Å². The average Bonchev–Trinajstić information content (AvgIpc) is 3.59. The van der Waals surface area contributed by atoms with Gasteiger partial charge in [0.2, 0.25) is 0 Å². The van der Waals surface area contributed by atoms with Gasteiger partial charge in [0.15, 0.2) is 0 Å². The zero-order chi connectivity index (χ0) is 28.7. The fourth-order valence-electron chi connectivity index (χ4n) is 3.36. The van der Waals surface area contributed by atoms with Gasteiger partial charge in [-0.05, 0) is 42.9 Å². The monoisotopic (exact) mass is 554 g/mol. The molecule has 210 valence electrons. The average molecular weight is 554 g/mol. The maximum Gasteiger partial charge on any atom is 0.490 e. The summed E-state index contributed by atoms with van der Waals surface area (Å²) in [7, 11) is 1.94. The number of amides is 1. The number of hydrogen-bond donors (Lipinski definition) is 2. The predicted octanol–water partition coefficient (Wildman–Crippen LogP) is 3.25. The van der Waals surface area contributed by atoms with E-state index in [-0.39, 0.29) is 11.9 Å². The number of rotatable bonds is 5. The number of aryl methyl sites for hydroxylation is 1. The van der Waals surface area contributed by atoms with E-state index < -0.39 is 24.3 Å². The van der Waals surface area contributed by atoms with Gasteiger partial charge in [-0.1, -0.05) is 0 Å². The van der Waals surface area contributed by atoms with E-state index >= 15 is 0 Å². The summed E-state index contributed by atoms with van der Waals surface area (Å²) in [5, 5.41) is 18.6. The van der Waals surface area contributed by atoms with Crippen LogP contribution in [0.2, 0.25) is 0 Å². The highest BCUT2D eigenvalue weighted by molar-refractivity contribution is 5.94. The molecule has 2 N–H and O–H groups in total. The number of hydrogen-bond acceptors (Lipinski definition) is 6. The third-order valence-electron chi connectivity index (χ3n) is 5.36. The Kier molecular flexibility index (Phi) is 10.2. The van der Waals surface area contributed by atoms with Crippen LogP contribution in [0.25, 0.3) is 0 Å². The Morgan fingerprint density at radius 3 is 2.08 bits per heavy atom. The lowest BCUT2D eigenvalue weighted by Gasteiger charge is -2.36. The van der Waals surface area contributed by atoms with Crippen LogP contribution in [-0.2, 0) is 27.8 Å². The second kappa shape index (κ2) is 12.7. The first kappa shape index (κ1) is 30.5. The Hall–Kier alpha value is -3.69. The highest BCUT2D eigenvalue weighted by Gasteiger charge is 2.39. The van der Waals surface area contributed by atoms with E-state index in [0.717, 1.165) is 18.7 Å². The summed E-state index contributed by atoms with van der Waals surface area (Å²) in [6.07, 6.45) is -1.59. The Balaban J connectivity index is 0.000000301. The molecule has 1 fully saturated rings. The summed E-state index contributed by atoms with van der Waals surface area (Å²) in [5.41, 5.74) is 2.93. The fourth-order valence-corrected chi connectivity index (χ4v) is 3.36. The van der Waals surface area contributed by atoms with Crippen molar-refractivity contribution in [2.24, 2.45) is 13.0 Å². The number of carboxylic acid groups (broad SMARTS) is 2. The lowest BCUT2D eigenvalue weighted by atomic mass is 9.99. The summed E-state index contributed by atoms with van der Waals surface area (Å²) in [6, 6.07) is 3.52. The number of halogens is 6. The van der Waals surface area contributed by atoms with E-state index in [9.17, 15) is 31.1 Å². The third-order valence-corrected chi connectivity index (χ3v) is 5.36. The highest BCUT2D eigenvalue weighted by Crippen LogP contribution is 2.33. The van der Waals surface area contributed by atoms with Crippen LogP contribution in [-0.4, -0.2) is 79.8 Å². The van der Waals surface area contributed by atoms with Gasteiger partial charge in [0.25, 0.3) is 5.91 Å². The molecule has 0 spiro atoms. The van der Waals surface area contributed by atoms with E-state index in [0.29, 0.717) is 24.6 Å². The lowest BCUT2D eigenvalue weighted by Crippen LogP contribution is -2.42. The summed E-state index contributed by atoms with van der Waals surface area (Å²) < 4.78 is 71.3. The molecule has 10 nitrogen and oxygen atoms in total. The molecule has 1 aliphatic carbocycles. The van der Waals surface area contributed by atoms with Gasteiger partial charge in [0.05, 0.1) is 30.1 Å². The number of aliphatic carboxylic acids is 2. The van der Waals surface area contributed by atoms with Crippen LogP contribution in [0.1, 0.15) is 40.5 Å². The number of nitrogens with zero attached hydrogens (tertiary/aromatic N) is 4. The Morgan fingerprint density at radius 2 is 1.61 bits per heavy atom. The number of alkyl halides is 6. The van der Waals surface area contributed by atoms with Crippen molar-refractivity contribution in [3.8, 4) is 0 Å². The molecular weight excluding hydrogens is 530 g/mol. The molecule has 2 aromatic heterocycles. The molecule has 1 amide bonds. The van der Waals surface area contributed by atoms with Crippen molar-refractivity contribution in [1.82, 2.24) is 19.7 Å². The van der Waals surface area contributed by atoms with Crippen molar-refractivity contribution < 1.29 is 55.7 Å². The molecule has 4 rings (SSSR count). The minimum absolute atomic E-state index is 0.00923. The molecule has 1 unspecified atom stereocenters. The molecule has 0 radical (unpaired) electrons. The number of carboxylic acids is 2. The van der Waals surface area contributed by atoms with Gasteiger partial charge in [-0.15, -0.1) is 0 Å². The molecule has 1 atom stereocenters. The Morgan fingerprint density at radius 1 is 1.03 bits per heavy atom. The van der Waals surface area contributed by atoms with Gasteiger partial charge < -0.3 is 19.8 Å². The van der Waals surface area contributed by atoms with Crippen molar-refractivity contribution >= 4 is 17.8 Å². The van der Waals surface area contributed by atoms with Crippen LogP contribution >= 0.6 is 0 Å². The normalized spacial score (nSPS) is 16.8. The van der Waals surface area contributed by atoms with Gasteiger partial charge in [0, 0.05) is 32.6 Å². The summed E-state index contributed by atoms with van der Waals surface area (Å²) in [5.74, 6) is -4.79. The number of fused-ring (bicyclic) bond motifs is 1. The highest BCUT2D eigenvalue weighted by atomic mass is 19.4. The molecular formula is C22H24F6N4O6. The van der Waals surface area contributed by atoms with Crippen molar-refractivity contribution in [3.63, 3.8) is 0 Å². The van der Waals surface area contributed by atoms with E-state index in [1.807, 2.05) is 28.9 Å². The van der Waals surface area contributed by atoms with Gasteiger partial charge >= 0.3 is 24.3 Å². The summed E-state index contributed by atoms with van der Waals surface area (Å²) in [6.45, 7) is 2.00. The fraction of sp³-hybridized carbons (Fsp3) is 0.500. The Bertz CT molecular complexity index is 1080. The molecule has 0 aromatic carbocycles. The standard InChI is InChI=1S/C18H22N4O2.2C2HF3O2/c1-21-17-14(10-20-21)6-8-22(16(17)12-24-11-13-4-5-13)18(23)15-3-2-7-19-9-15;2*3-2(4,5)1(6)7/h2-3,7,9-10,13,16H,4-6,8,11-12H2,1H3;2*(H,6,7). The van der Waals surface area contributed by atoms with Crippen LogP contribution in [0.4, 0.5) is 26.3 Å². The number of pyridine rings is 1. The molecule has 16 heteroatoms. The second-order valence-corrected chi connectivity index (χ2v) is 8.27. The number of ether oxygens (including phenoxy) is 1. The van der Waals surface area contributed by atoms with Crippen molar-refractivity contribution in [2.75, 3.05) is 19.8 Å². The molecule has 38 heavy (non-hydrogen) atoms. The first-order valence-corrected chi connectivity index (χ1v) is 11.0. The van der Waals surface area contributed by atoms with E-state index in [2.05, 4.69) is 10.1 Å². The topological polar surface area (TPSA) is 135 Å². The van der Waals surface area contributed by atoms with Crippen molar-refractivity contribution in [3.05, 3.63) is 47.5 Å². The van der Waals surface area contributed by atoms with Gasteiger partial charge in [0.1, 0.15) is 0 Å². The number of aromatic nitrogens is 3. The zero-order valence-electron chi connectivity index (χ0n) is 19.9. The van der Waals surface area contributed by atoms with Crippen LogP contribution in [0, 0.1) is 5.92 Å². The maximum atomic E-state index is 13.0. The lowest BCUT2D eigenvalue weighted by molar-refractivity contribution is -0.193. The summed E-state index contributed by atoms with van der Waals surface area (Å²) >= 11 is 0. The van der Waals surface area contributed by atoms with E-state index in [1.54, 1.807) is 18.5 Å². The zero-order valence-corrected chi connectivity index (χ0v) is 19.9. The smallest absolute Gasteiger partial charge is 0.475 e. The second-order valence-electron chi connectivity index (χ2n) is 8.27. The molecule has 1 saturated carbocycles. The van der Waals surface area contributed by atoms with E-state index in [1.165, 1.54) is 18.4 Å². The van der Waals surface area contributed by atoms with Gasteiger partial charge in [-0.3, -0.25) is 14.5 Å². The van der Waals surface area contributed by atoms with Crippen LogP contribution < -0.4 is 0 Å². The molecule has 3 heterocycles. The largest absolute Gasteiger partial charge is 0.490 e. The number of carbonyl (C=O) groups excluding carboxylic acids is 1.